The smallest absolute Gasteiger partial charge is 0.262 e. The van der Waals surface area contributed by atoms with Crippen molar-refractivity contribution < 1.29 is 33.4 Å². The fourth-order valence-corrected chi connectivity index (χ4v) is 3.72. The molecule has 1 atom stereocenters. The number of imide groups is 2. The van der Waals surface area contributed by atoms with E-state index < -0.39 is 29.7 Å². The van der Waals surface area contributed by atoms with Gasteiger partial charge in [0.1, 0.15) is 6.04 Å². The van der Waals surface area contributed by atoms with Gasteiger partial charge < -0.3 is 25.3 Å². The Hall–Kier alpha value is -2.70. The molecule has 0 spiro atoms. The number of piperidine rings is 1. The molecular formula is C22H30N4O7. The molecule has 1 aromatic carbocycles. The Balaban J connectivity index is 1.43. The average Bonchev–Trinajstić information content (AvgIpc) is 3.05. The molecule has 1 fully saturated rings. The van der Waals surface area contributed by atoms with Gasteiger partial charge in [-0.2, -0.15) is 0 Å². The Morgan fingerprint density at radius 3 is 2.36 bits per heavy atom. The van der Waals surface area contributed by atoms with Crippen LogP contribution in [0.3, 0.4) is 0 Å². The second kappa shape index (κ2) is 12.5. The molecule has 0 bridgehead atoms. The van der Waals surface area contributed by atoms with Crippen molar-refractivity contribution in [3.63, 3.8) is 0 Å². The number of nitrogens with one attached hydrogen (secondary N) is 2. The molecule has 0 aromatic heterocycles. The highest BCUT2D eigenvalue weighted by Crippen LogP contribution is 2.29. The standard InChI is InChI=1S/C22H30N4O7/c23-6-8-31-10-12-33-13-11-32-9-7-24-14-15-2-1-3-16-19(15)22(30)26(21(16)29)17-4-5-18(27)25-20(17)28/h1-3,17,24H,4-14,23H2,(H,25,27,28). The molecule has 33 heavy (non-hydrogen) atoms. The number of nitrogens with two attached hydrogens (primary N) is 1. The molecule has 0 radical (unpaired) electrons. The third kappa shape index (κ3) is 6.42. The van der Waals surface area contributed by atoms with Crippen molar-refractivity contribution in [2.45, 2.75) is 25.4 Å². The first-order chi connectivity index (χ1) is 16.0. The first-order valence-electron chi connectivity index (χ1n) is 11.0. The zero-order chi connectivity index (χ0) is 23.6. The number of ether oxygens (including phenoxy) is 3. The van der Waals surface area contributed by atoms with E-state index >= 15 is 0 Å². The van der Waals surface area contributed by atoms with Crippen LogP contribution in [0, 0.1) is 0 Å². The molecule has 180 valence electrons. The fraction of sp³-hybridized carbons (Fsp3) is 0.545. The number of carbonyl (C=O) groups excluding carboxylic acids is 4. The predicted molar refractivity (Wildman–Crippen MR) is 116 cm³/mol. The first-order valence-corrected chi connectivity index (χ1v) is 11.0. The minimum Gasteiger partial charge on any atom is -0.378 e. The summed E-state index contributed by atoms with van der Waals surface area (Å²) in [7, 11) is 0. The van der Waals surface area contributed by atoms with Crippen molar-refractivity contribution in [1.29, 1.82) is 0 Å². The molecule has 2 aliphatic rings. The minimum atomic E-state index is -0.973. The summed E-state index contributed by atoms with van der Waals surface area (Å²) in [6, 6.07) is 4.08. The largest absolute Gasteiger partial charge is 0.378 e. The topological polar surface area (TPSA) is 149 Å². The van der Waals surface area contributed by atoms with Gasteiger partial charge in [0.2, 0.25) is 11.8 Å². The van der Waals surface area contributed by atoms with Gasteiger partial charge in [-0.3, -0.25) is 29.4 Å². The van der Waals surface area contributed by atoms with Crippen molar-refractivity contribution in [3.05, 3.63) is 34.9 Å². The van der Waals surface area contributed by atoms with Crippen LogP contribution in [0.4, 0.5) is 0 Å². The highest BCUT2D eigenvalue weighted by Gasteiger charge is 2.45. The summed E-state index contributed by atoms with van der Waals surface area (Å²) in [5, 5.41) is 5.39. The average molecular weight is 463 g/mol. The van der Waals surface area contributed by atoms with Gasteiger partial charge in [0.15, 0.2) is 0 Å². The van der Waals surface area contributed by atoms with Crippen LogP contribution in [0.15, 0.2) is 18.2 Å². The van der Waals surface area contributed by atoms with E-state index in [0.29, 0.717) is 70.4 Å². The number of carbonyl (C=O) groups is 4. The summed E-state index contributed by atoms with van der Waals surface area (Å²) in [6.45, 7) is 4.28. The minimum absolute atomic E-state index is 0.0886. The number of amides is 4. The van der Waals surface area contributed by atoms with Crippen LogP contribution in [0.2, 0.25) is 0 Å². The van der Waals surface area contributed by atoms with Gasteiger partial charge in [0.25, 0.3) is 11.8 Å². The third-order valence-corrected chi connectivity index (χ3v) is 5.30. The molecule has 11 nitrogen and oxygen atoms in total. The molecule has 1 saturated heterocycles. The van der Waals surface area contributed by atoms with E-state index in [4.69, 9.17) is 19.9 Å². The summed E-state index contributed by atoms with van der Waals surface area (Å²) >= 11 is 0. The van der Waals surface area contributed by atoms with Gasteiger partial charge in [-0.15, -0.1) is 0 Å². The van der Waals surface area contributed by atoms with Gasteiger partial charge >= 0.3 is 0 Å². The van der Waals surface area contributed by atoms with Gasteiger partial charge in [0, 0.05) is 26.1 Å². The lowest BCUT2D eigenvalue weighted by molar-refractivity contribution is -0.136. The van der Waals surface area contributed by atoms with Crippen molar-refractivity contribution in [2.24, 2.45) is 5.73 Å². The number of rotatable bonds is 14. The van der Waals surface area contributed by atoms with Crippen molar-refractivity contribution in [3.8, 4) is 0 Å². The fourth-order valence-electron chi connectivity index (χ4n) is 3.72. The SMILES string of the molecule is NCCOCCOCCOCCNCc1cccc2c1C(=O)N(C1CCC(=O)NC1=O)C2=O. The van der Waals surface area contributed by atoms with E-state index in [9.17, 15) is 19.2 Å². The van der Waals surface area contributed by atoms with Crippen LogP contribution >= 0.6 is 0 Å². The molecule has 0 saturated carbocycles. The summed E-state index contributed by atoms with van der Waals surface area (Å²) < 4.78 is 16.1. The van der Waals surface area contributed by atoms with Crippen LogP contribution in [0.5, 0.6) is 0 Å². The predicted octanol–water partition coefficient (Wildman–Crippen LogP) is -0.814. The zero-order valence-corrected chi connectivity index (χ0v) is 18.5. The normalized spacial score (nSPS) is 18.1. The molecule has 1 unspecified atom stereocenters. The Morgan fingerprint density at radius 2 is 1.67 bits per heavy atom. The molecule has 4 N–H and O–H groups in total. The molecular weight excluding hydrogens is 432 g/mol. The highest BCUT2D eigenvalue weighted by molar-refractivity contribution is 6.24. The van der Waals surface area contributed by atoms with Crippen LogP contribution < -0.4 is 16.4 Å². The number of hydrogen-bond donors (Lipinski definition) is 3. The zero-order valence-electron chi connectivity index (χ0n) is 18.5. The van der Waals surface area contributed by atoms with Gasteiger partial charge in [-0.1, -0.05) is 12.1 Å². The first kappa shape index (κ1) is 24.9. The monoisotopic (exact) mass is 462 g/mol. The Kier molecular flexibility index (Phi) is 9.46. The second-order valence-corrected chi connectivity index (χ2v) is 7.59. The van der Waals surface area contributed by atoms with E-state index in [0.717, 1.165) is 4.90 Å². The van der Waals surface area contributed by atoms with Gasteiger partial charge in [-0.25, -0.2) is 0 Å². The molecule has 3 rings (SSSR count). The molecule has 2 heterocycles. The number of hydrogen-bond acceptors (Lipinski definition) is 9. The molecule has 4 amide bonds. The Morgan fingerprint density at radius 1 is 0.970 bits per heavy atom. The van der Waals surface area contributed by atoms with Crippen LogP contribution in [0.25, 0.3) is 0 Å². The maximum atomic E-state index is 13.0. The molecule has 1 aromatic rings. The number of benzene rings is 1. The highest BCUT2D eigenvalue weighted by atomic mass is 16.5. The Bertz CT molecular complexity index is 876. The molecule has 2 aliphatic heterocycles. The summed E-state index contributed by atoms with van der Waals surface area (Å²) in [6.07, 6.45) is 0.219. The molecule has 0 aliphatic carbocycles. The summed E-state index contributed by atoms with van der Waals surface area (Å²) in [5.41, 5.74) is 6.56. The van der Waals surface area contributed by atoms with E-state index in [1.807, 2.05) is 0 Å². The lowest BCUT2D eigenvalue weighted by Gasteiger charge is -2.27. The van der Waals surface area contributed by atoms with E-state index in [-0.39, 0.29) is 18.4 Å². The van der Waals surface area contributed by atoms with Crippen LogP contribution in [0.1, 0.15) is 39.1 Å². The number of fused-ring (bicyclic) bond motifs is 1. The number of nitrogens with zero attached hydrogens (tertiary/aromatic N) is 1. The summed E-state index contributed by atoms with van der Waals surface area (Å²) in [4.78, 5) is 50.4. The van der Waals surface area contributed by atoms with E-state index in [1.54, 1.807) is 18.2 Å². The lowest BCUT2D eigenvalue weighted by atomic mass is 10.0. The maximum absolute atomic E-state index is 13.0. The van der Waals surface area contributed by atoms with Crippen LogP contribution in [-0.2, 0) is 30.3 Å². The van der Waals surface area contributed by atoms with Gasteiger partial charge in [-0.05, 0) is 18.1 Å². The summed E-state index contributed by atoms with van der Waals surface area (Å²) in [5.74, 6) is -2.04. The quantitative estimate of drug-likeness (QED) is 0.238. The Labute approximate surface area is 191 Å². The molecule has 11 heteroatoms. The maximum Gasteiger partial charge on any atom is 0.262 e. The van der Waals surface area contributed by atoms with Crippen molar-refractivity contribution in [1.82, 2.24) is 15.5 Å². The van der Waals surface area contributed by atoms with Crippen molar-refractivity contribution >= 4 is 23.6 Å². The van der Waals surface area contributed by atoms with E-state index in [1.165, 1.54) is 0 Å². The van der Waals surface area contributed by atoms with E-state index in [2.05, 4.69) is 10.6 Å². The second-order valence-electron chi connectivity index (χ2n) is 7.59. The lowest BCUT2D eigenvalue weighted by Crippen LogP contribution is -2.54. The van der Waals surface area contributed by atoms with Crippen LogP contribution in [-0.4, -0.2) is 87.3 Å². The third-order valence-electron chi connectivity index (χ3n) is 5.30. The van der Waals surface area contributed by atoms with Gasteiger partial charge in [0.05, 0.1) is 50.8 Å². The van der Waals surface area contributed by atoms with Crippen molar-refractivity contribution in [2.75, 3.05) is 52.7 Å².